The topological polar surface area (TPSA) is 23.6 Å². The Bertz CT molecular complexity index is 763. The SMILES string of the molecule is O=C1CCC2(CCCN(Cc3cccs3)CC2)N1Cc1cccc(F)c1. The highest BCUT2D eigenvalue weighted by Crippen LogP contribution is 2.40. The lowest BCUT2D eigenvalue weighted by atomic mass is 9.87. The molecule has 26 heavy (non-hydrogen) atoms. The summed E-state index contributed by atoms with van der Waals surface area (Å²) >= 11 is 1.81. The lowest BCUT2D eigenvalue weighted by Gasteiger charge is -2.38. The van der Waals surface area contributed by atoms with Crippen LogP contribution in [0.2, 0.25) is 0 Å². The predicted octanol–water partition coefficient (Wildman–Crippen LogP) is 4.43. The minimum Gasteiger partial charge on any atom is -0.333 e. The van der Waals surface area contributed by atoms with Gasteiger partial charge in [0, 0.05) is 36.5 Å². The van der Waals surface area contributed by atoms with Gasteiger partial charge in [-0.25, -0.2) is 4.39 Å². The van der Waals surface area contributed by atoms with Crippen LogP contribution >= 0.6 is 11.3 Å². The lowest BCUT2D eigenvalue weighted by molar-refractivity contribution is -0.132. The maximum absolute atomic E-state index is 13.6. The van der Waals surface area contributed by atoms with Crippen molar-refractivity contribution in [2.24, 2.45) is 0 Å². The molecule has 138 valence electrons. The minimum atomic E-state index is -0.230. The van der Waals surface area contributed by atoms with Crippen molar-refractivity contribution in [3.8, 4) is 0 Å². The first-order valence-electron chi connectivity index (χ1n) is 9.44. The van der Waals surface area contributed by atoms with E-state index < -0.39 is 0 Å². The number of carbonyl (C=O) groups excluding carboxylic acids is 1. The monoisotopic (exact) mass is 372 g/mol. The van der Waals surface area contributed by atoms with Gasteiger partial charge in [-0.15, -0.1) is 11.3 Å². The van der Waals surface area contributed by atoms with Crippen molar-refractivity contribution in [2.45, 2.75) is 50.7 Å². The van der Waals surface area contributed by atoms with Gasteiger partial charge in [-0.05, 0) is 61.4 Å². The van der Waals surface area contributed by atoms with E-state index in [1.807, 2.05) is 17.4 Å². The second-order valence-electron chi connectivity index (χ2n) is 7.54. The first-order chi connectivity index (χ1) is 12.6. The quantitative estimate of drug-likeness (QED) is 0.792. The van der Waals surface area contributed by atoms with E-state index in [0.717, 1.165) is 50.9 Å². The van der Waals surface area contributed by atoms with Crippen molar-refractivity contribution in [1.29, 1.82) is 0 Å². The number of benzene rings is 1. The third-order valence-corrected chi connectivity index (χ3v) is 6.74. The molecule has 5 heteroatoms. The van der Waals surface area contributed by atoms with Gasteiger partial charge in [-0.1, -0.05) is 18.2 Å². The van der Waals surface area contributed by atoms with E-state index in [1.165, 1.54) is 10.9 Å². The average molecular weight is 373 g/mol. The van der Waals surface area contributed by atoms with Crippen LogP contribution in [0.3, 0.4) is 0 Å². The normalized spacial score (nSPS) is 24.3. The van der Waals surface area contributed by atoms with Gasteiger partial charge < -0.3 is 4.90 Å². The van der Waals surface area contributed by atoms with Crippen molar-refractivity contribution in [3.63, 3.8) is 0 Å². The summed E-state index contributed by atoms with van der Waals surface area (Å²) in [7, 11) is 0. The molecule has 4 rings (SSSR count). The van der Waals surface area contributed by atoms with E-state index in [-0.39, 0.29) is 17.3 Å². The first-order valence-corrected chi connectivity index (χ1v) is 10.3. The molecule has 0 saturated carbocycles. The second-order valence-corrected chi connectivity index (χ2v) is 8.58. The number of hydrogen-bond acceptors (Lipinski definition) is 3. The van der Waals surface area contributed by atoms with E-state index >= 15 is 0 Å². The zero-order chi connectivity index (χ0) is 18.0. The summed E-state index contributed by atoms with van der Waals surface area (Å²) in [6, 6.07) is 11.0. The van der Waals surface area contributed by atoms with Crippen molar-refractivity contribution in [1.82, 2.24) is 9.80 Å². The molecule has 2 aliphatic rings. The van der Waals surface area contributed by atoms with Crippen LogP contribution in [-0.4, -0.2) is 34.3 Å². The van der Waals surface area contributed by atoms with Gasteiger partial charge in [0.1, 0.15) is 5.82 Å². The highest BCUT2D eigenvalue weighted by Gasteiger charge is 2.45. The second kappa shape index (κ2) is 7.49. The molecule has 1 atom stereocenters. The number of carbonyl (C=O) groups is 1. The van der Waals surface area contributed by atoms with E-state index in [4.69, 9.17) is 0 Å². The summed E-state index contributed by atoms with van der Waals surface area (Å²) < 4.78 is 13.6. The Labute approximate surface area is 158 Å². The molecule has 2 aromatic rings. The Kier molecular flexibility index (Phi) is 5.09. The minimum absolute atomic E-state index is 0.0480. The molecule has 3 nitrogen and oxygen atoms in total. The summed E-state index contributed by atoms with van der Waals surface area (Å²) in [5.74, 6) is -0.00727. The maximum atomic E-state index is 13.6. The largest absolute Gasteiger partial charge is 0.333 e. The highest BCUT2D eigenvalue weighted by atomic mass is 32.1. The Morgan fingerprint density at radius 2 is 2.00 bits per heavy atom. The Morgan fingerprint density at radius 3 is 2.81 bits per heavy atom. The van der Waals surface area contributed by atoms with E-state index in [1.54, 1.807) is 12.1 Å². The number of thiophene rings is 1. The van der Waals surface area contributed by atoms with Crippen LogP contribution in [0, 0.1) is 5.82 Å². The number of likely N-dealkylation sites (tertiary alicyclic amines) is 2. The summed E-state index contributed by atoms with van der Waals surface area (Å²) in [5.41, 5.74) is 0.840. The van der Waals surface area contributed by atoms with Crippen LogP contribution in [0.1, 0.15) is 42.5 Å². The van der Waals surface area contributed by atoms with Gasteiger partial charge in [0.05, 0.1) is 0 Å². The van der Waals surface area contributed by atoms with E-state index in [2.05, 4.69) is 27.3 Å². The predicted molar refractivity (Wildman–Crippen MR) is 102 cm³/mol. The highest BCUT2D eigenvalue weighted by molar-refractivity contribution is 7.09. The molecular formula is C21H25FN2OS. The number of rotatable bonds is 4. The van der Waals surface area contributed by atoms with Crippen molar-refractivity contribution < 1.29 is 9.18 Å². The molecular weight excluding hydrogens is 347 g/mol. The van der Waals surface area contributed by atoms with Crippen LogP contribution in [-0.2, 0) is 17.9 Å². The zero-order valence-electron chi connectivity index (χ0n) is 15.0. The summed E-state index contributed by atoms with van der Waals surface area (Å²) in [6.07, 6.45) is 4.74. The Morgan fingerprint density at radius 1 is 1.08 bits per heavy atom. The summed E-state index contributed by atoms with van der Waals surface area (Å²) in [6.45, 7) is 3.64. The summed E-state index contributed by atoms with van der Waals surface area (Å²) in [4.78, 5) is 18.6. The van der Waals surface area contributed by atoms with Gasteiger partial charge in [0.15, 0.2) is 0 Å². The molecule has 0 radical (unpaired) electrons. The number of halogens is 1. The molecule has 3 heterocycles. The fraction of sp³-hybridized carbons (Fsp3) is 0.476. The van der Waals surface area contributed by atoms with E-state index in [0.29, 0.717) is 13.0 Å². The fourth-order valence-corrected chi connectivity index (χ4v) is 5.23. The molecule has 1 unspecified atom stereocenters. The number of nitrogens with zero attached hydrogens (tertiary/aromatic N) is 2. The number of amides is 1. The van der Waals surface area contributed by atoms with Crippen molar-refractivity contribution >= 4 is 17.2 Å². The maximum Gasteiger partial charge on any atom is 0.223 e. The third-order valence-electron chi connectivity index (χ3n) is 5.88. The van der Waals surface area contributed by atoms with Crippen LogP contribution in [0.25, 0.3) is 0 Å². The molecule has 1 spiro atoms. The molecule has 2 fully saturated rings. The average Bonchev–Trinajstić information content (AvgIpc) is 3.17. The molecule has 2 saturated heterocycles. The Hall–Kier alpha value is -1.72. The van der Waals surface area contributed by atoms with Crippen LogP contribution < -0.4 is 0 Å². The smallest absolute Gasteiger partial charge is 0.223 e. The van der Waals surface area contributed by atoms with Crippen molar-refractivity contribution in [2.75, 3.05) is 13.1 Å². The summed E-state index contributed by atoms with van der Waals surface area (Å²) in [5, 5.41) is 2.13. The van der Waals surface area contributed by atoms with Crippen LogP contribution in [0.5, 0.6) is 0 Å². The van der Waals surface area contributed by atoms with E-state index in [9.17, 15) is 9.18 Å². The molecule has 1 aromatic heterocycles. The molecule has 0 aliphatic carbocycles. The van der Waals surface area contributed by atoms with Gasteiger partial charge >= 0.3 is 0 Å². The molecule has 0 N–H and O–H groups in total. The Balaban J connectivity index is 1.47. The van der Waals surface area contributed by atoms with Gasteiger partial charge in [-0.3, -0.25) is 9.69 Å². The van der Waals surface area contributed by atoms with Crippen LogP contribution in [0.15, 0.2) is 41.8 Å². The zero-order valence-corrected chi connectivity index (χ0v) is 15.8. The third kappa shape index (κ3) is 3.69. The molecule has 0 bridgehead atoms. The van der Waals surface area contributed by atoms with Gasteiger partial charge in [0.25, 0.3) is 0 Å². The first kappa shape index (κ1) is 17.7. The molecule has 1 amide bonds. The molecule has 1 aromatic carbocycles. The lowest BCUT2D eigenvalue weighted by Crippen LogP contribution is -2.45. The standard InChI is InChI=1S/C21H25FN2OS/c22-18-5-1-4-17(14-18)15-24-20(25)7-9-21(24)8-3-11-23(12-10-21)16-19-6-2-13-26-19/h1-2,4-6,13-14H,3,7-12,15-16H2. The van der Waals surface area contributed by atoms with Gasteiger partial charge in [-0.2, -0.15) is 0 Å². The molecule has 2 aliphatic heterocycles. The van der Waals surface area contributed by atoms with Crippen molar-refractivity contribution in [3.05, 3.63) is 58.0 Å². The fourth-order valence-electron chi connectivity index (χ4n) is 4.48. The van der Waals surface area contributed by atoms with Gasteiger partial charge in [0.2, 0.25) is 5.91 Å². The van der Waals surface area contributed by atoms with Crippen LogP contribution in [0.4, 0.5) is 4.39 Å². The number of hydrogen-bond donors (Lipinski definition) is 0.